The first-order valence-corrected chi connectivity index (χ1v) is 12.0. The Morgan fingerprint density at radius 2 is 1.38 bits per heavy atom. The first-order chi connectivity index (χ1) is 18.0. The van der Waals surface area contributed by atoms with Gasteiger partial charge >= 0.3 is 5.69 Å². The van der Waals surface area contributed by atoms with Gasteiger partial charge in [0.15, 0.2) is 6.23 Å². The molecule has 0 saturated carbocycles. The van der Waals surface area contributed by atoms with E-state index in [9.17, 15) is 19.5 Å². The maximum absolute atomic E-state index is 12.3. The van der Waals surface area contributed by atoms with Crippen LogP contribution in [0.3, 0.4) is 0 Å². The van der Waals surface area contributed by atoms with E-state index in [0.29, 0.717) is 6.29 Å². The summed E-state index contributed by atoms with van der Waals surface area (Å²) in [5.41, 5.74) is 0.276. The van der Waals surface area contributed by atoms with Crippen LogP contribution in [0.25, 0.3) is 0 Å². The lowest BCUT2D eigenvalue weighted by Crippen LogP contribution is -2.38. The minimum absolute atomic E-state index is 0.0618. The molecular weight excluding hydrogens is 472 g/mol. The number of rotatable bonds is 8. The molecule has 2 N–H and O–H groups in total. The van der Waals surface area contributed by atoms with Crippen molar-refractivity contribution in [1.29, 1.82) is 0 Å². The molecular formula is C29H26N2O6. The first-order valence-electron chi connectivity index (χ1n) is 12.0. The zero-order valence-corrected chi connectivity index (χ0v) is 19.8. The van der Waals surface area contributed by atoms with Gasteiger partial charge in [-0.05, 0) is 16.7 Å². The van der Waals surface area contributed by atoms with Gasteiger partial charge in [0.1, 0.15) is 18.0 Å². The topological polar surface area (TPSA) is 111 Å². The van der Waals surface area contributed by atoms with Gasteiger partial charge in [0.05, 0.1) is 18.6 Å². The van der Waals surface area contributed by atoms with Gasteiger partial charge in [-0.2, -0.15) is 0 Å². The quantitative estimate of drug-likeness (QED) is 0.286. The van der Waals surface area contributed by atoms with Crippen LogP contribution in [-0.4, -0.2) is 39.8 Å². The van der Waals surface area contributed by atoms with Crippen LogP contribution in [0.1, 0.15) is 22.9 Å². The summed E-state index contributed by atoms with van der Waals surface area (Å²) in [6.45, 7) is -0.0618. The highest BCUT2D eigenvalue weighted by atomic mass is 16.6. The molecule has 0 bridgehead atoms. The van der Waals surface area contributed by atoms with Crippen molar-refractivity contribution in [2.24, 2.45) is 5.92 Å². The van der Waals surface area contributed by atoms with Crippen LogP contribution < -0.4 is 11.2 Å². The van der Waals surface area contributed by atoms with E-state index < -0.39 is 41.2 Å². The number of H-pyrrole nitrogens is 1. The van der Waals surface area contributed by atoms with Gasteiger partial charge in [-0.25, -0.2) is 4.79 Å². The number of benzene rings is 3. The summed E-state index contributed by atoms with van der Waals surface area (Å²) in [5, 5.41) is 10.9. The van der Waals surface area contributed by atoms with Crippen molar-refractivity contribution in [2.75, 3.05) is 6.61 Å². The van der Waals surface area contributed by atoms with Crippen molar-refractivity contribution in [3.63, 3.8) is 0 Å². The molecule has 37 heavy (non-hydrogen) atoms. The second-order valence-electron chi connectivity index (χ2n) is 8.88. The summed E-state index contributed by atoms with van der Waals surface area (Å²) in [7, 11) is 0. The molecule has 8 nitrogen and oxygen atoms in total. The van der Waals surface area contributed by atoms with Crippen molar-refractivity contribution >= 4 is 6.29 Å². The van der Waals surface area contributed by atoms with Crippen LogP contribution in [0.2, 0.25) is 0 Å². The minimum Gasteiger partial charge on any atom is -0.388 e. The summed E-state index contributed by atoms with van der Waals surface area (Å²) in [6.07, 6.45) is -1.47. The first kappa shape index (κ1) is 24.6. The molecule has 1 aliphatic heterocycles. The molecule has 0 amide bonds. The zero-order valence-electron chi connectivity index (χ0n) is 19.8. The number of carbonyl (C=O) groups excluding carboxylic acids is 1. The van der Waals surface area contributed by atoms with E-state index in [-0.39, 0.29) is 6.61 Å². The molecule has 4 aromatic rings. The average Bonchev–Trinajstić information content (AvgIpc) is 3.25. The fourth-order valence-corrected chi connectivity index (χ4v) is 4.91. The Kier molecular flexibility index (Phi) is 6.96. The van der Waals surface area contributed by atoms with Crippen molar-refractivity contribution in [1.82, 2.24) is 9.55 Å². The number of carbonyl (C=O) groups is 1. The zero-order chi connectivity index (χ0) is 25.8. The molecule has 2 heterocycles. The van der Waals surface area contributed by atoms with E-state index in [1.165, 1.54) is 6.20 Å². The Balaban J connectivity index is 1.55. The lowest BCUT2D eigenvalue weighted by Gasteiger charge is -2.37. The third-order valence-electron chi connectivity index (χ3n) is 6.72. The molecule has 1 aliphatic rings. The Hall–Kier alpha value is -4.11. The summed E-state index contributed by atoms with van der Waals surface area (Å²) < 4.78 is 13.8. The van der Waals surface area contributed by atoms with Gasteiger partial charge < -0.3 is 19.4 Å². The molecule has 8 heteroatoms. The van der Waals surface area contributed by atoms with E-state index in [1.807, 2.05) is 91.0 Å². The fraction of sp³-hybridized carbons (Fsp3) is 0.207. The average molecular weight is 499 g/mol. The number of aldehydes is 1. The normalized spacial score (nSPS) is 21.5. The molecule has 3 aromatic carbocycles. The smallest absolute Gasteiger partial charge is 0.330 e. The summed E-state index contributed by atoms with van der Waals surface area (Å²) in [4.78, 5) is 38.0. The Morgan fingerprint density at radius 1 is 0.865 bits per heavy atom. The highest BCUT2D eigenvalue weighted by molar-refractivity contribution is 5.56. The van der Waals surface area contributed by atoms with Gasteiger partial charge in [0.2, 0.25) is 0 Å². The largest absolute Gasteiger partial charge is 0.388 e. The van der Waals surface area contributed by atoms with E-state index in [1.54, 1.807) is 0 Å². The van der Waals surface area contributed by atoms with Crippen LogP contribution >= 0.6 is 0 Å². The maximum Gasteiger partial charge on any atom is 0.330 e. The van der Waals surface area contributed by atoms with Crippen LogP contribution in [0.4, 0.5) is 0 Å². The number of aromatic nitrogens is 2. The summed E-state index contributed by atoms with van der Waals surface area (Å²) in [5.74, 6) is -0.955. The molecule has 0 radical (unpaired) electrons. The number of nitrogens with zero attached hydrogens (tertiary/aromatic N) is 1. The van der Waals surface area contributed by atoms with E-state index in [2.05, 4.69) is 4.98 Å². The van der Waals surface area contributed by atoms with Crippen molar-refractivity contribution in [3.05, 3.63) is 141 Å². The molecule has 1 aromatic heterocycles. The van der Waals surface area contributed by atoms with Crippen LogP contribution in [0, 0.1) is 5.92 Å². The molecule has 0 spiro atoms. The molecule has 1 saturated heterocycles. The van der Waals surface area contributed by atoms with Gasteiger partial charge in [-0.3, -0.25) is 14.3 Å². The van der Waals surface area contributed by atoms with Crippen molar-refractivity contribution in [2.45, 2.75) is 24.0 Å². The second kappa shape index (κ2) is 10.5. The lowest BCUT2D eigenvalue weighted by molar-refractivity contribution is -0.117. The van der Waals surface area contributed by atoms with E-state index in [0.717, 1.165) is 27.3 Å². The Labute approximate surface area is 212 Å². The molecule has 5 rings (SSSR count). The molecule has 4 atom stereocenters. The van der Waals surface area contributed by atoms with Crippen LogP contribution in [0.15, 0.2) is 113 Å². The SMILES string of the molecule is O=CC1[C@@H](O)[C@H](n2ccc(=O)[nH]c2=O)O[C@@H]1COC(c1ccccc1)(c1ccccc1)c1ccccc1. The monoisotopic (exact) mass is 498 g/mol. The summed E-state index contributed by atoms with van der Waals surface area (Å²) in [6, 6.07) is 30.4. The Bertz CT molecular complexity index is 1360. The van der Waals surface area contributed by atoms with E-state index in [4.69, 9.17) is 9.47 Å². The number of aliphatic hydroxyl groups excluding tert-OH is 1. The fourth-order valence-electron chi connectivity index (χ4n) is 4.91. The lowest BCUT2D eigenvalue weighted by atomic mass is 9.80. The van der Waals surface area contributed by atoms with Gasteiger partial charge in [0, 0.05) is 12.3 Å². The van der Waals surface area contributed by atoms with Crippen LogP contribution in [0.5, 0.6) is 0 Å². The highest BCUT2D eigenvalue weighted by Gasteiger charge is 2.47. The maximum atomic E-state index is 12.3. The number of aromatic amines is 1. The van der Waals surface area contributed by atoms with E-state index >= 15 is 0 Å². The third-order valence-corrected chi connectivity index (χ3v) is 6.72. The second-order valence-corrected chi connectivity index (χ2v) is 8.88. The predicted molar refractivity (Wildman–Crippen MR) is 136 cm³/mol. The number of ether oxygens (including phenoxy) is 2. The standard InChI is InChI=1S/C29H26N2O6/c32-18-23-24(37-27(26(23)34)31-17-16-25(33)30-28(31)35)19-36-29(20-10-4-1-5-11-20,21-12-6-2-7-13-21)22-14-8-3-9-15-22/h1-18,23-24,26-27,34H,19H2,(H,30,33,35)/t23?,24-,26-,27-/m1/s1. The third kappa shape index (κ3) is 4.58. The van der Waals surface area contributed by atoms with Gasteiger partial charge in [0.25, 0.3) is 5.56 Å². The molecule has 0 aliphatic carbocycles. The number of aliphatic hydroxyl groups is 1. The number of hydrogen-bond donors (Lipinski definition) is 2. The summed E-state index contributed by atoms with van der Waals surface area (Å²) >= 11 is 0. The van der Waals surface area contributed by atoms with Crippen molar-refractivity contribution in [3.8, 4) is 0 Å². The van der Waals surface area contributed by atoms with Gasteiger partial charge in [-0.15, -0.1) is 0 Å². The molecule has 188 valence electrons. The predicted octanol–water partition coefficient (Wildman–Crippen LogP) is 2.62. The molecule has 1 fully saturated rings. The van der Waals surface area contributed by atoms with Crippen molar-refractivity contribution < 1.29 is 19.4 Å². The minimum atomic E-state index is -1.31. The number of hydrogen-bond acceptors (Lipinski definition) is 6. The van der Waals surface area contributed by atoms with Gasteiger partial charge in [-0.1, -0.05) is 91.0 Å². The molecule has 1 unspecified atom stereocenters. The van der Waals surface area contributed by atoms with Crippen LogP contribution in [-0.2, 0) is 19.9 Å². The number of nitrogens with one attached hydrogen (secondary N) is 1. The Morgan fingerprint density at radius 3 is 1.84 bits per heavy atom. The highest BCUT2D eigenvalue weighted by Crippen LogP contribution is 2.42.